The summed E-state index contributed by atoms with van der Waals surface area (Å²) in [6.07, 6.45) is 1.54. The van der Waals surface area contributed by atoms with Crippen LogP contribution in [0.1, 0.15) is 26.3 Å². The Kier molecular flexibility index (Phi) is 6.74. The molecular formula is C29H19BrClN3O3. The van der Waals surface area contributed by atoms with Crippen LogP contribution in [0.2, 0.25) is 5.15 Å². The van der Waals surface area contributed by atoms with Gasteiger partial charge in [-0.05, 0) is 61.0 Å². The van der Waals surface area contributed by atoms with Gasteiger partial charge in [-0.15, -0.1) is 0 Å². The first kappa shape index (κ1) is 24.6. The molecule has 0 saturated heterocycles. The third-order valence-electron chi connectivity index (χ3n) is 6.03. The Hall–Kier alpha value is -4.07. The van der Waals surface area contributed by atoms with E-state index >= 15 is 0 Å². The van der Waals surface area contributed by atoms with E-state index in [1.807, 2.05) is 55.5 Å². The summed E-state index contributed by atoms with van der Waals surface area (Å²) in [5.74, 6) is -1.45. The van der Waals surface area contributed by atoms with E-state index in [2.05, 4.69) is 26.2 Å². The summed E-state index contributed by atoms with van der Waals surface area (Å²) in [5.41, 5.74) is 4.89. The quantitative estimate of drug-likeness (QED) is 0.211. The number of hydrogen-bond acceptors (Lipinski definition) is 4. The highest BCUT2D eigenvalue weighted by molar-refractivity contribution is 9.10. The number of aromatic nitrogens is 2. The number of anilines is 1. The van der Waals surface area contributed by atoms with Crippen LogP contribution < -0.4 is 5.32 Å². The third-order valence-corrected chi connectivity index (χ3v) is 6.82. The minimum atomic E-state index is -1.09. The zero-order valence-electron chi connectivity index (χ0n) is 19.5. The van der Waals surface area contributed by atoms with E-state index in [1.54, 1.807) is 24.4 Å². The Morgan fingerprint density at radius 3 is 2.46 bits per heavy atom. The number of rotatable bonds is 5. The van der Waals surface area contributed by atoms with Gasteiger partial charge < -0.3 is 10.4 Å². The number of amides is 1. The van der Waals surface area contributed by atoms with Crippen molar-refractivity contribution in [3.8, 4) is 22.4 Å². The largest absolute Gasteiger partial charge is 0.478 e. The topological polar surface area (TPSA) is 92.2 Å². The number of nitrogens with one attached hydrogen (secondary N) is 1. The summed E-state index contributed by atoms with van der Waals surface area (Å²) >= 11 is 9.85. The van der Waals surface area contributed by atoms with E-state index in [0.717, 1.165) is 15.6 Å². The number of carboxylic acids is 1. The highest BCUT2D eigenvalue weighted by Gasteiger charge is 2.21. The maximum atomic E-state index is 13.9. The van der Waals surface area contributed by atoms with Crippen molar-refractivity contribution in [1.29, 1.82) is 0 Å². The summed E-state index contributed by atoms with van der Waals surface area (Å²) in [6, 6.07) is 23.2. The summed E-state index contributed by atoms with van der Waals surface area (Å²) in [7, 11) is 0. The Labute approximate surface area is 226 Å². The smallest absolute Gasteiger partial charge is 0.335 e. The molecule has 0 atom stereocenters. The predicted octanol–water partition coefficient (Wildman–Crippen LogP) is 7.64. The molecule has 0 aliphatic rings. The van der Waals surface area contributed by atoms with Gasteiger partial charge in [-0.1, -0.05) is 57.9 Å². The lowest BCUT2D eigenvalue weighted by atomic mass is 9.96. The molecule has 0 radical (unpaired) electrons. The zero-order chi connectivity index (χ0) is 26.1. The molecule has 0 aliphatic heterocycles. The number of fused-ring (bicyclic) bond motifs is 1. The Morgan fingerprint density at radius 2 is 1.73 bits per heavy atom. The van der Waals surface area contributed by atoms with E-state index in [9.17, 15) is 14.7 Å². The second-order valence-corrected chi connectivity index (χ2v) is 9.62. The molecule has 37 heavy (non-hydrogen) atoms. The average Bonchev–Trinajstić information content (AvgIpc) is 2.89. The van der Waals surface area contributed by atoms with Gasteiger partial charge in [0.05, 0.1) is 22.3 Å². The molecular weight excluding hydrogens is 554 g/mol. The molecule has 2 heterocycles. The predicted molar refractivity (Wildman–Crippen MR) is 149 cm³/mol. The van der Waals surface area contributed by atoms with Crippen LogP contribution in [0, 0.1) is 6.92 Å². The molecule has 2 N–H and O–H groups in total. The molecule has 0 spiro atoms. The van der Waals surface area contributed by atoms with Gasteiger partial charge in [0.1, 0.15) is 5.15 Å². The maximum absolute atomic E-state index is 13.9. The van der Waals surface area contributed by atoms with Crippen molar-refractivity contribution >= 4 is 56.0 Å². The van der Waals surface area contributed by atoms with Gasteiger partial charge in [0.15, 0.2) is 0 Å². The molecule has 182 valence electrons. The van der Waals surface area contributed by atoms with Crippen molar-refractivity contribution in [2.75, 3.05) is 5.32 Å². The molecule has 0 bridgehead atoms. The van der Waals surface area contributed by atoms with E-state index in [1.165, 1.54) is 12.1 Å². The molecule has 5 aromatic rings. The number of nitrogens with zero attached hydrogens (tertiary/aromatic N) is 2. The summed E-state index contributed by atoms with van der Waals surface area (Å²) in [6.45, 7) is 1.87. The molecule has 5 rings (SSSR count). The van der Waals surface area contributed by atoms with Crippen LogP contribution in [0.3, 0.4) is 0 Å². The van der Waals surface area contributed by atoms with Gasteiger partial charge in [-0.25, -0.2) is 14.8 Å². The van der Waals surface area contributed by atoms with Crippen LogP contribution in [-0.4, -0.2) is 27.0 Å². The maximum Gasteiger partial charge on any atom is 0.335 e. The molecule has 6 nitrogen and oxygen atoms in total. The number of carboxylic acid groups (broad SMARTS) is 1. The molecule has 8 heteroatoms. The Morgan fingerprint density at radius 1 is 0.946 bits per heavy atom. The monoisotopic (exact) mass is 571 g/mol. The molecule has 1 amide bonds. The van der Waals surface area contributed by atoms with Crippen LogP contribution in [0.15, 0.2) is 89.5 Å². The van der Waals surface area contributed by atoms with Gasteiger partial charge in [0.2, 0.25) is 0 Å². The first-order chi connectivity index (χ1) is 17.8. The summed E-state index contributed by atoms with van der Waals surface area (Å²) in [4.78, 5) is 34.5. The van der Waals surface area contributed by atoms with Crippen molar-refractivity contribution in [2.45, 2.75) is 6.92 Å². The average molecular weight is 573 g/mol. The van der Waals surface area contributed by atoms with E-state index in [4.69, 9.17) is 16.6 Å². The minimum absolute atomic E-state index is 0.0637. The van der Waals surface area contributed by atoms with Crippen molar-refractivity contribution in [3.05, 3.63) is 111 Å². The van der Waals surface area contributed by atoms with E-state index < -0.39 is 5.97 Å². The first-order valence-corrected chi connectivity index (χ1v) is 12.5. The second-order valence-electron chi connectivity index (χ2n) is 8.35. The first-order valence-electron chi connectivity index (χ1n) is 11.3. The molecule has 0 aliphatic carbocycles. The van der Waals surface area contributed by atoms with Crippen molar-refractivity contribution < 1.29 is 14.7 Å². The normalized spacial score (nSPS) is 10.9. The number of benzene rings is 3. The number of hydrogen-bond donors (Lipinski definition) is 2. The lowest BCUT2D eigenvalue weighted by Crippen LogP contribution is -2.16. The van der Waals surface area contributed by atoms with Gasteiger partial charge >= 0.3 is 5.97 Å². The Bertz CT molecular complexity index is 1690. The van der Waals surface area contributed by atoms with Gasteiger partial charge in [0, 0.05) is 38.4 Å². The fraction of sp³-hybridized carbons (Fsp3) is 0.0345. The third kappa shape index (κ3) is 4.83. The van der Waals surface area contributed by atoms with Crippen molar-refractivity contribution in [2.24, 2.45) is 0 Å². The Balaban J connectivity index is 1.68. The molecule has 0 unspecified atom stereocenters. The van der Waals surface area contributed by atoms with Gasteiger partial charge in [-0.3, -0.25) is 4.79 Å². The standard InChI is InChI=1S/C29H19BrClN3O3/c1-16-25(22-15-19(30)10-12-24(22)33-26(16)17-6-3-2-4-7-17)28(35)34-23-11-9-18(29(36)37)14-21(23)20-8-5-13-32-27(20)31/h2-15H,1H3,(H,34,35)(H,36,37). The molecule has 3 aromatic carbocycles. The number of halogens is 2. The fourth-order valence-electron chi connectivity index (χ4n) is 4.28. The zero-order valence-corrected chi connectivity index (χ0v) is 21.8. The van der Waals surface area contributed by atoms with E-state index in [-0.39, 0.29) is 16.6 Å². The minimum Gasteiger partial charge on any atom is -0.478 e. The van der Waals surface area contributed by atoms with Crippen LogP contribution in [-0.2, 0) is 0 Å². The molecule has 2 aromatic heterocycles. The number of carbonyl (C=O) groups excluding carboxylic acids is 1. The molecule has 0 saturated carbocycles. The molecule has 0 fully saturated rings. The van der Waals surface area contributed by atoms with E-state index in [0.29, 0.717) is 39.0 Å². The van der Waals surface area contributed by atoms with Crippen LogP contribution >= 0.6 is 27.5 Å². The van der Waals surface area contributed by atoms with Gasteiger partial charge in [-0.2, -0.15) is 0 Å². The highest BCUT2D eigenvalue weighted by atomic mass is 79.9. The van der Waals surface area contributed by atoms with Crippen LogP contribution in [0.4, 0.5) is 5.69 Å². The summed E-state index contributed by atoms with van der Waals surface area (Å²) < 4.78 is 0.816. The number of aromatic carboxylic acids is 1. The fourth-order valence-corrected chi connectivity index (χ4v) is 4.86. The lowest BCUT2D eigenvalue weighted by molar-refractivity contribution is 0.0696. The second kappa shape index (κ2) is 10.1. The number of carbonyl (C=O) groups is 2. The van der Waals surface area contributed by atoms with Crippen LogP contribution in [0.25, 0.3) is 33.3 Å². The van der Waals surface area contributed by atoms with Crippen LogP contribution in [0.5, 0.6) is 0 Å². The lowest BCUT2D eigenvalue weighted by Gasteiger charge is -2.17. The highest BCUT2D eigenvalue weighted by Crippen LogP contribution is 2.35. The van der Waals surface area contributed by atoms with Crippen molar-refractivity contribution in [3.63, 3.8) is 0 Å². The van der Waals surface area contributed by atoms with Gasteiger partial charge in [0.25, 0.3) is 5.91 Å². The SMILES string of the molecule is Cc1c(-c2ccccc2)nc2ccc(Br)cc2c1C(=O)Nc1ccc(C(=O)O)cc1-c1cccnc1Cl. The van der Waals surface area contributed by atoms with Crippen molar-refractivity contribution in [1.82, 2.24) is 9.97 Å². The summed E-state index contributed by atoms with van der Waals surface area (Å²) in [5, 5.41) is 13.4. The number of pyridine rings is 2.